The van der Waals surface area contributed by atoms with Gasteiger partial charge in [0.1, 0.15) is 5.78 Å². The minimum absolute atomic E-state index is 0.0272. The van der Waals surface area contributed by atoms with Crippen LogP contribution in [0.1, 0.15) is 6.92 Å². The Kier molecular flexibility index (Phi) is 3.39. The monoisotopic (exact) mass is 116 g/mol. The topological polar surface area (TPSA) is 55.1 Å². The van der Waals surface area contributed by atoms with Gasteiger partial charge in [-0.1, -0.05) is 0 Å². The summed E-state index contributed by atoms with van der Waals surface area (Å²) in [6, 6.07) is -0.333. The number of ketones is 1. The summed E-state index contributed by atoms with van der Waals surface area (Å²) >= 11 is 0. The molecule has 0 amide bonds. The van der Waals surface area contributed by atoms with Gasteiger partial charge >= 0.3 is 0 Å². The van der Waals surface area contributed by atoms with Gasteiger partial charge in [-0.25, -0.2) is 0 Å². The Morgan fingerprint density at radius 3 is 2.50 bits per heavy atom. The summed E-state index contributed by atoms with van der Waals surface area (Å²) in [6.45, 7) is 2.05. The smallest absolute Gasteiger partial charge is 0.147 e. The van der Waals surface area contributed by atoms with Crippen molar-refractivity contribution in [3.05, 3.63) is 0 Å². The number of hydrogen-bond acceptors (Lipinski definition) is 3. The molecule has 0 radical (unpaired) electrons. The highest BCUT2D eigenvalue weighted by atomic mass is 16.1. The van der Waals surface area contributed by atoms with Crippen LogP contribution in [0.3, 0.4) is 0 Å². The number of carbonyl (C=O) groups excluding carboxylic acids is 1. The molecule has 0 aromatic carbocycles. The first kappa shape index (κ1) is 7.59. The summed E-state index contributed by atoms with van der Waals surface area (Å²) in [4.78, 5) is 10.4. The summed E-state index contributed by atoms with van der Waals surface area (Å²) in [5.41, 5.74) is 5.31. The van der Waals surface area contributed by atoms with Crippen LogP contribution in [0.15, 0.2) is 0 Å². The van der Waals surface area contributed by atoms with Crippen LogP contribution in [-0.4, -0.2) is 25.4 Å². The van der Waals surface area contributed by atoms with Crippen molar-refractivity contribution in [3.63, 3.8) is 0 Å². The molecule has 1 atom stereocenters. The fourth-order valence-corrected chi connectivity index (χ4v) is 0.364. The van der Waals surface area contributed by atoms with Crippen molar-refractivity contribution in [2.45, 2.75) is 13.0 Å². The summed E-state index contributed by atoms with van der Waals surface area (Å²) in [5.74, 6) is 0.0272. The first-order valence-electron chi connectivity index (χ1n) is 2.59. The molecule has 0 spiro atoms. The summed E-state index contributed by atoms with van der Waals surface area (Å²) in [7, 11) is 1.77. The van der Waals surface area contributed by atoms with Crippen molar-refractivity contribution in [2.75, 3.05) is 13.6 Å². The third-order valence-electron chi connectivity index (χ3n) is 0.946. The van der Waals surface area contributed by atoms with Crippen molar-refractivity contribution in [1.82, 2.24) is 5.32 Å². The van der Waals surface area contributed by atoms with Crippen LogP contribution in [-0.2, 0) is 4.79 Å². The first-order chi connectivity index (χ1) is 3.68. The summed E-state index contributed by atoms with van der Waals surface area (Å²) in [6.07, 6.45) is 0. The van der Waals surface area contributed by atoms with E-state index in [1.807, 2.05) is 0 Å². The van der Waals surface area contributed by atoms with Crippen LogP contribution in [0, 0.1) is 0 Å². The quantitative estimate of drug-likeness (QED) is 0.503. The van der Waals surface area contributed by atoms with Crippen molar-refractivity contribution in [1.29, 1.82) is 0 Å². The van der Waals surface area contributed by atoms with Crippen molar-refractivity contribution >= 4 is 5.78 Å². The molecule has 0 aliphatic carbocycles. The molecule has 3 nitrogen and oxygen atoms in total. The number of likely N-dealkylation sites (N-methyl/N-ethyl adjacent to an activating group) is 1. The molecule has 0 aromatic rings. The molecule has 0 aromatic heterocycles. The molecule has 0 bridgehead atoms. The highest BCUT2D eigenvalue weighted by molar-refractivity contribution is 5.81. The lowest BCUT2D eigenvalue weighted by atomic mass is 10.2. The molecule has 1 unspecified atom stereocenters. The molecule has 3 heteroatoms. The van der Waals surface area contributed by atoms with E-state index in [1.165, 1.54) is 6.92 Å². The Morgan fingerprint density at radius 2 is 2.38 bits per heavy atom. The van der Waals surface area contributed by atoms with E-state index in [9.17, 15) is 4.79 Å². The molecule has 8 heavy (non-hydrogen) atoms. The molecule has 0 fully saturated rings. The molecule has 0 saturated carbocycles. The second-order valence-corrected chi connectivity index (χ2v) is 1.77. The maximum Gasteiger partial charge on any atom is 0.147 e. The van der Waals surface area contributed by atoms with E-state index in [0.29, 0.717) is 6.54 Å². The van der Waals surface area contributed by atoms with Crippen molar-refractivity contribution in [3.8, 4) is 0 Å². The van der Waals surface area contributed by atoms with Crippen molar-refractivity contribution in [2.24, 2.45) is 5.73 Å². The maximum atomic E-state index is 10.4. The number of Topliss-reactive ketones (excluding diaryl/α,β-unsaturated/α-hetero) is 1. The van der Waals surface area contributed by atoms with Gasteiger partial charge in [0, 0.05) is 6.54 Å². The summed E-state index contributed by atoms with van der Waals surface area (Å²) in [5, 5.41) is 2.80. The van der Waals surface area contributed by atoms with Crippen LogP contribution < -0.4 is 11.1 Å². The third-order valence-corrected chi connectivity index (χ3v) is 0.946. The number of hydrogen-bond donors (Lipinski definition) is 2. The minimum Gasteiger partial charge on any atom is -0.320 e. The second kappa shape index (κ2) is 3.57. The third kappa shape index (κ3) is 2.71. The van der Waals surface area contributed by atoms with Gasteiger partial charge in [-0.2, -0.15) is 0 Å². The molecule has 3 N–H and O–H groups in total. The zero-order valence-electron chi connectivity index (χ0n) is 5.27. The fraction of sp³-hybridized carbons (Fsp3) is 0.800. The SMILES string of the molecule is CNCC(N)C(C)=O. The zero-order valence-corrected chi connectivity index (χ0v) is 5.27. The van der Waals surface area contributed by atoms with Gasteiger partial charge in [0.15, 0.2) is 0 Å². The van der Waals surface area contributed by atoms with Crippen molar-refractivity contribution < 1.29 is 4.79 Å². The molecule has 0 heterocycles. The fourth-order valence-electron chi connectivity index (χ4n) is 0.364. The Bertz CT molecular complexity index is 82.5. The highest BCUT2D eigenvalue weighted by Crippen LogP contribution is 1.75. The largest absolute Gasteiger partial charge is 0.320 e. The predicted octanol–water partition coefficient (Wildman–Crippen LogP) is -0.878. The van der Waals surface area contributed by atoms with Crippen LogP contribution in [0.25, 0.3) is 0 Å². The van der Waals surface area contributed by atoms with Crippen LogP contribution in [0.5, 0.6) is 0 Å². The number of nitrogens with one attached hydrogen (secondary N) is 1. The van der Waals surface area contributed by atoms with E-state index in [4.69, 9.17) is 5.73 Å². The lowest BCUT2D eigenvalue weighted by molar-refractivity contribution is -0.118. The molecule has 0 saturated heterocycles. The molecule has 0 aliphatic heterocycles. The van der Waals surface area contributed by atoms with E-state index < -0.39 is 0 Å². The average molecular weight is 116 g/mol. The van der Waals surface area contributed by atoms with Gasteiger partial charge < -0.3 is 11.1 Å². The Balaban J connectivity index is 3.32. The number of rotatable bonds is 3. The minimum atomic E-state index is -0.333. The normalized spacial score (nSPS) is 13.4. The summed E-state index contributed by atoms with van der Waals surface area (Å²) < 4.78 is 0. The standard InChI is InChI=1S/C5H12N2O/c1-4(8)5(6)3-7-2/h5,7H,3,6H2,1-2H3. The lowest BCUT2D eigenvalue weighted by Gasteiger charge is -2.03. The van der Waals surface area contributed by atoms with Gasteiger partial charge in [0.05, 0.1) is 6.04 Å². The van der Waals surface area contributed by atoms with Gasteiger partial charge in [0.25, 0.3) is 0 Å². The van der Waals surface area contributed by atoms with Gasteiger partial charge in [0.2, 0.25) is 0 Å². The zero-order chi connectivity index (χ0) is 6.57. The predicted molar refractivity (Wildman–Crippen MR) is 32.6 cm³/mol. The molecular weight excluding hydrogens is 104 g/mol. The van der Waals surface area contributed by atoms with Gasteiger partial charge in [-0.3, -0.25) is 4.79 Å². The number of nitrogens with two attached hydrogens (primary N) is 1. The van der Waals surface area contributed by atoms with Gasteiger partial charge in [-0.15, -0.1) is 0 Å². The molecule has 0 aliphatic rings. The second-order valence-electron chi connectivity index (χ2n) is 1.77. The number of carbonyl (C=O) groups is 1. The Labute approximate surface area is 49.3 Å². The lowest BCUT2D eigenvalue weighted by Crippen LogP contribution is -2.37. The Morgan fingerprint density at radius 1 is 1.88 bits per heavy atom. The van der Waals surface area contributed by atoms with Crippen LogP contribution >= 0.6 is 0 Å². The average Bonchev–Trinajstić information content (AvgIpc) is 1.67. The van der Waals surface area contributed by atoms with E-state index in [0.717, 1.165) is 0 Å². The molecular formula is C5H12N2O. The highest BCUT2D eigenvalue weighted by Gasteiger charge is 2.03. The Hall–Kier alpha value is -0.410. The van der Waals surface area contributed by atoms with E-state index >= 15 is 0 Å². The first-order valence-corrected chi connectivity index (χ1v) is 2.59. The van der Waals surface area contributed by atoms with Crippen LogP contribution in [0.2, 0.25) is 0 Å². The molecule has 48 valence electrons. The van der Waals surface area contributed by atoms with E-state index in [-0.39, 0.29) is 11.8 Å². The van der Waals surface area contributed by atoms with E-state index in [1.54, 1.807) is 7.05 Å². The molecule has 0 rings (SSSR count). The maximum absolute atomic E-state index is 10.4. The van der Waals surface area contributed by atoms with E-state index in [2.05, 4.69) is 5.32 Å². The van der Waals surface area contributed by atoms with Crippen LogP contribution in [0.4, 0.5) is 0 Å². The van der Waals surface area contributed by atoms with Gasteiger partial charge in [-0.05, 0) is 14.0 Å².